The molecular formula is C21H14F3N5O2S2. The van der Waals surface area contributed by atoms with Crippen molar-refractivity contribution in [3.63, 3.8) is 0 Å². The number of aryl methyl sites for hydroxylation is 1. The van der Waals surface area contributed by atoms with Crippen molar-refractivity contribution in [2.75, 3.05) is 6.26 Å². The van der Waals surface area contributed by atoms with Crippen molar-refractivity contribution in [2.24, 2.45) is 0 Å². The van der Waals surface area contributed by atoms with Gasteiger partial charge in [0.2, 0.25) is 9.84 Å². The summed E-state index contributed by atoms with van der Waals surface area (Å²) in [6.07, 6.45) is -0.294. The Kier molecular flexibility index (Phi) is 5.63. The first-order valence-electron chi connectivity index (χ1n) is 9.28. The van der Waals surface area contributed by atoms with E-state index in [4.69, 9.17) is 0 Å². The number of fused-ring (bicyclic) bond motifs is 1. The molecule has 12 heteroatoms. The van der Waals surface area contributed by atoms with Gasteiger partial charge in [0.15, 0.2) is 5.16 Å². The lowest BCUT2D eigenvalue weighted by Crippen LogP contribution is -2.15. The number of hydrogen-bond acceptors (Lipinski definition) is 7. The number of thioether (sulfide) groups is 1. The molecule has 0 aliphatic heterocycles. The topological polar surface area (TPSA) is 112 Å². The number of sulfone groups is 1. The molecule has 0 unspecified atom stereocenters. The average Bonchev–Trinajstić information content (AvgIpc) is 3.21. The highest BCUT2D eigenvalue weighted by atomic mass is 32.2. The van der Waals surface area contributed by atoms with Gasteiger partial charge in [-0.25, -0.2) is 23.4 Å². The Morgan fingerprint density at radius 3 is 2.42 bits per heavy atom. The van der Waals surface area contributed by atoms with Crippen molar-refractivity contribution in [1.82, 2.24) is 19.9 Å². The van der Waals surface area contributed by atoms with E-state index in [9.17, 15) is 26.9 Å². The lowest BCUT2D eigenvalue weighted by Gasteiger charge is -2.15. The third-order valence-corrected chi connectivity index (χ3v) is 7.30. The maximum Gasteiger partial charge on any atom is 0.419 e. The van der Waals surface area contributed by atoms with Crippen LogP contribution in [0.1, 0.15) is 16.7 Å². The van der Waals surface area contributed by atoms with E-state index in [0.717, 1.165) is 17.3 Å². The van der Waals surface area contributed by atoms with Gasteiger partial charge in [-0.05, 0) is 25.3 Å². The molecule has 0 atom stereocenters. The largest absolute Gasteiger partial charge is 0.419 e. The first-order valence-corrected chi connectivity index (χ1v) is 12.0. The normalized spacial score (nSPS) is 12.1. The van der Waals surface area contributed by atoms with Gasteiger partial charge in [0.25, 0.3) is 0 Å². The van der Waals surface area contributed by atoms with E-state index in [1.165, 1.54) is 36.7 Å². The summed E-state index contributed by atoms with van der Waals surface area (Å²) in [6, 6.07) is 7.40. The van der Waals surface area contributed by atoms with Crippen LogP contribution >= 0.6 is 11.8 Å². The van der Waals surface area contributed by atoms with Crippen LogP contribution in [0, 0.1) is 18.3 Å². The number of alkyl halides is 3. The molecule has 0 bridgehead atoms. The van der Waals surface area contributed by atoms with Crippen LogP contribution in [0.4, 0.5) is 13.2 Å². The molecule has 0 amide bonds. The Hall–Kier alpha value is -3.43. The number of nitrogens with one attached hydrogen (secondary N) is 1. The summed E-state index contributed by atoms with van der Waals surface area (Å²) >= 11 is 1.16. The summed E-state index contributed by atoms with van der Waals surface area (Å²) < 4.78 is 69.1. The van der Waals surface area contributed by atoms with E-state index in [0.29, 0.717) is 6.20 Å². The van der Waals surface area contributed by atoms with E-state index in [2.05, 4.69) is 19.9 Å². The summed E-state index contributed by atoms with van der Waals surface area (Å²) in [6.45, 7) is 1.73. The molecule has 1 N–H and O–H groups in total. The predicted octanol–water partition coefficient (Wildman–Crippen LogP) is 4.77. The highest BCUT2D eigenvalue weighted by Crippen LogP contribution is 2.43. The minimum absolute atomic E-state index is 0.00327. The maximum atomic E-state index is 14.0. The molecule has 0 radical (unpaired) electrons. The fourth-order valence-corrected chi connectivity index (χ4v) is 5.32. The SMILES string of the molecule is CSc1ncc(C#N)c(-c2c[nH]c3ncc(C(F)(F)F)c(S(=O)(=O)c4ccc(C)cc4)c23)n1. The third kappa shape index (κ3) is 3.94. The van der Waals surface area contributed by atoms with Gasteiger partial charge in [-0.3, -0.25) is 0 Å². The van der Waals surface area contributed by atoms with Gasteiger partial charge in [0.1, 0.15) is 11.7 Å². The van der Waals surface area contributed by atoms with Gasteiger partial charge in [0, 0.05) is 29.5 Å². The van der Waals surface area contributed by atoms with Gasteiger partial charge < -0.3 is 4.98 Å². The van der Waals surface area contributed by atoms with Gasteiger partial charge in [0.05, 0.1) is 26.6 Å². The van der Waals surface area contributed by atoms with Crippen molar-refractivity contribution in [3.05, 3.63) is 59.5 Å². The van der Waals surface area contributed by atoms with Crippen LogP contribution in [0.2, 0.25) is 0 Å². The molecule has 0 fully saturated rings. The minimum Gasteiger partial charge on any atom is -0.345 e. The zero-order valence-electron chi connectivity index (χ0n) is 17.1. The molecular weight excluding hydrogens is 475 g/mol. The molecule has 3 heterocycles. The number of halogens is 3. The molecule has 7 nitrogen and oxygen atoms in total. The predicted molar refractivity (Wildman–Crippen MR) is 115 cm³/mol. The molecule has 0 spiro atoms. The van der Waals surface area contributed by atoms with Crippen molar-refractivity contribution >= 4 is 32.6 Å². The van der Waals surface area contributed by atoms with Crippen molar-refractivity contribution in [3.8, 4) is 17.3 Å². The van der Waals surface area contributed by atoms with Crippen LogP contribution in [0.5, 0.6) is 0 Å². The second-order valence-corrected chi connectivity index (χ2v) is 9.63. The Morgan fingerprint density at radius 2 is 1.82 bits per heavy atom. The first kappa shape index (κ1) is 22.8. The Bertz CT molecular complexity index is 1520. The Labute approximate surface area is 190 Å². The molecule has 33 heavy (non-hydrogen) atoms. The number of H-pyrrole nitrogens is 1. The van der Waals surface area contributed by atoms with Crippen LogP contribution in [-0.2, 0) is 16.0 Å². The summed E-state index contributed by atoms with van der Waals surface area (Å²) in [5.74, 6) is 0. The molecule has 0 saturated carbocycles. The second kappa shape index (κ2) is 8.17. The number of benzene rings is 1. The van der Waals surface area contributed by atoms with Gasteiger partial charge in [-0.15, -0.1) is 0 Å². The zero-order valence-corrected chi connectivity index (χ0v) is 18.7. The molecule has 4 rings (SSSR count). The van der Waals surface area contributed by atoms with E-state index >= 15 is 0 Å². The molecule has 3 aromatic heterocycles. The quantitative estimate of drug-likeness (QED) is 0.324. The summed E-state index contributed by atoms with van der Waals surface area (Å²) in [5, 5.41) is 9.48. The molecule has 0 aliphatic rings. The van der Waals surface area contributed by atoms with Crippen molar-refractivity contribution in [1.29, 1.82) is 5.26 Å². The van der Waals surface area contributed by atoms with Crippen molar-refractivity contribution in [2.45, 2.75) is 28.0 Å². The third-order valence-electron chi connectivity index (χ3n) is 4.88. The smallest absolute Gasteiger partial charge is 0.345 e. The van der Waals surface area contributed by atoms with Gasteiger partial charge in [-0.1, -0.05) is 29.5 Å². The van der Waals surface area contributed by atoms with Gasteiger partial charge in [-0.2, -0.15) is 18.4 Å². The number of rotatable bonds is 4. The van der Waals surface area contributed by atoms with Crippen molar-refractivity contribution < 1.29 is 21.6 Å². The molecule has 0 saturated heterocycles. The Balaban J connectivity index is 2.15. The minimum atomic E-state index is -5.00. The maximum absolute atomic E-state index is 14.0. The standard InChI is InChI=1S/C21H14F3N5O2S2/c1-11-3-5-13(6-4-11)33(30,31)18-15(21(22,23)24)10-27-19-16(18)14(9-26-19)17-12(7-25)8-28-20(29-17)32-2/h3-6,8-10H,1-2H3,(H,26,27). The van der Waals surface area contributed by atoms with E-state index < -0.39 is 26.5 Å². The lowest BCUT2D eigenvalue weighted by atomic mass is 10.1. The fourth-order valence-electron chi connectivity index (χ4n) is 3.32. The van der Waals surface area contributed by atoms with E-state index in [-0.39, 0.29) is 37.9 Å². The molecule has 4 aromatic rings. The molecule has 168 valence electrons. The number of hydrogen-bond donors (Lipinski definition) is 1. The van der Waals surface area contributed by atoms with Crippen LogP contribution in [-0.4, -0.2) is 34.6 Å². The van der Waals surface area contributed by atoms with Crippen LogP contribution < -0.4 is 0 Å². The monoisotopic (exact) mass is 489 g/mol. The molecule has 0 aliphatic carbocycles. The summed E-state index contributed by atoms with van der Waals surface area (Å²) in [5.41, 5.74) is -0.764. The lowest BCUT2D eigenvalue weighted by molar-refractivity contribution is -0.139. The Morgan fingerprint density at radius 1 is 1.12 bits per heavy atom. The van der Waals surface area contributed by atoms with Crippen LogP contribution in [0.3, 0.4) is 0 Å². The fraction of sp³-hybridized carbons (Fsp3) is 0.143. The van der Waals surface area contributed by atoms with Crippen LogP contribution in [0.15, 0.2) is 57.8 Å². The second-order valence-electron chi connectivity index (χ2n) is 6.97. The number of aromatic amines is 1. The summed E-state index contributed by atoms with van der Waals surface area (Å²) in [7, 11) is -4.64. The zero-order chi connectivity index (χ0) is 24.0. The van der Waals surface area contributed by atoms with Crippen LogP contribution in [0.25, 0.3) is 22.3 Å². The first-order chi connectivity index (χ1) is 15.6. The highest BCUT2D eigenvalue weighted by Gasteiger charge is 2.40. The number of nitrogens with zero attached hydrogens (tertiary/aromatic N) is 4. The average molecular weight is 490 g/mol. The number of aromatic nitrogens is 4. The molecule has 1 aromatic carbocycles. The number of nitriles is 1. The van der Waals surface area contributed by atoms with E-state index in [1.807, 2.05) is 6.07 Å². The van der Waals surface area contributed by atoms with Gasteiger partial charge >= 0.3 is 6.18 Å². The highest BCUT2D eigenvalue weighted by molar-refractivity contribution is 7.98. The number of pyridine rings is 1. The van der Waals surface area contributed by atoms with E-state index in [1.54, 1.807) is 13.2 Å². The summed E-state index contributed by atoms with van der Waals surface area (Å²) in [4.78, 5) is 13.5.